The Morgan fingerprint density at radius 3 is 2.35 bits per heavy atom. The van der Waals surface area contributed by atoms with Gasteiger partial charge in [-0.2, -0.15) is 0 Å². The minimum absolute atomic E-state index is 0.124. The van der Waals surface area contributed by atoms with E-state index in [0.29, 0.717) is 12.0 Å². The van der Waals surface area contributed by atoms with Gasteiger partial charge in [-0.15, -0.1) is 0 Å². The molecule has 0 atom stereocenters. The molecule has 0 amide bonds. The second kappa shape index (κ2) is 4.29. The van der Waals surface area contributed by atoms with Gasteiger partial charge in [0.1, 0.15) is 5.82 Å². The lowest BCUT2D eigenvalue weighted by molar-refractivity contribution is 0.985. The van der Waals surface area contributed by atoms with Crippen LogP contribution in [0.5, 0.6) is 0 Å². The standard InChI is InChI=1S/C12H13N3O2/c1-7-2-4-8(5-3-7)6-9-10(13)14-12(17)15-11(9)16/h2-5H,6H2,1H3,(H4,13,14,15,16,17). The number of rotatable bonds is 2. The number of anilines is 1. The van der Waals surface area contributed by atoms with Crippen molar-refractivity contribution in [3.8, 4) is 0 Å². The van der Waals surface area contributed by atoms with Crippen LogP contribution in [-0.2, 0) is 6.42 Å². The molecule has 0 fully saturated rings. The molecule has 2 rings (SSSR count). The van der Waals surface area contributed by atoms with E-state index in [1.165, 1.54) is 0 Å². The number of H-pyrrole nitrogens is 2. The zero-order valence-electron chi connectivity index (χ0n) is 9.41. The first kappa shape index (κ1) is 11.2. The fourth-order valence-corrected chi connectivity index (χ4v) is 1.62. The van der Waals surface area contributed by atoms with Crippen molar-refractivity contribution in [2.45, 2.75) is 13.3 Å². The number of aromatic amines is 2. The molecule has 1 heterocycles. The Bertz CT molecular complexity index is 638. The molecule has 0 saturated heterocycles. The van der Waals surface area contributed by atoms with Crippen LogP contribution in [0.25, 0.3) is 0 Å². The summed E-state index contributed by atoms with van der Waals surface area (Å²) >= 11 is 0. The van der Waals surface area contributed by atoms with Crippen LogP contribution >= 0.6 is 0 Å². The summed E-state index contributed by atoms with van der Waals surface area (Å²) in [5.74, 6) is 0.124. The topological polar surface area (TPSA) is 91.7 Å². The van der Waals surface area contributed by atoms with Gasteiger partial charge in [0.2, 0.25) is 0 Å². The molecule has 0 bridgehead atoms. The van der Waals surface area contributed by atoms with Crippen molar-refractivity contribution < 1.29 is 0 Å². The molecular weight excluding hydrogens is 218 g/mol. The molecule has 0 unspecified atom stereocenters. The van der Waals surface area contributed by atoms with Crippen LogP contribution in [0.15, 0.2) is 33.9 Å². The highest BCUT2D eigenvalue weighted by molar-refractivity contribution is 5.40. The molecule has 0 aliphatic rings. The lowest BCUT2D eigenvalue weighted by Gasteiger charge is -2.04. The first-order chi connectivity index (χ1) is 8.06. The molecule has 2 aromatic rings. The van der Waals surface area contributed by atoms with Crippen LogP contribution in [0.1, 0.15) is 16.7 Å². The monoisotopic (exact) mass is 231 g/mol. The zero-order valence-corrected chi connectivity index (χ0v) is 9.41. The van der Waals surface area contributed by atoms with E-state index in [1.807, 2.05) is 31.2 Å². The average molecular weight is 231 g/mol. The van der Waals surface area contributed by atoms with Crippen LogP contribution in [0, 0.1) is 6.92 Å². The van der Waals surface area contributed by atoms with Gasteiger partial charge < -0.3 is 5.73 Å². The Labute approximate surface area is 97.3 Å². The predicted molar refractivity (Wildman–Crippen MR) is 66.1 cm³/mol. The Hall–Kier alpha value is -2.30. The summed E-state index contributed by atoms with van der Waals surface area (Å²) in [4.78, 5) is 27.1. The Balaban J connectivity index is 2.40. The van der Waals surface area contributed by atoms with E-state index in [-0.39, 0.29) is 5.82 Å². The van der Waals surface area contributed by atoms with Gasteiger partial charge in [0.05, 0.1) is 5.56 Å². The van der Waals surface area contributed by atoms with Gasteiger partial charge in [-0.25, -0.2) is 4.79 Å². The van der Waals surface area contributed by atoms with Gasteiger partial charge in [-0.05, 0) is 12.5 Å². The van der Waals surface area contributed by atoms with Crippen LogP contribution in [-0.4, -0.2) is 9.97 Å². The molecule has 88 valence electrons. The fourth-order valence-electron chi connectivity index (χ4n) is 1.62. The molecule has 0 aliphatic heterocycles. The molecule has 0 spiro atoms. The number of nitrogens with two attached hydrogens (primary N) is 1. The molecule has 5 heteroatoms. The Morgan fingerprint density at radius 1 is 1.12 bits per heavy atom. The summed E-state index contributed by atoms with van der Waals surface area (Å²) in [5.41, 5.74) is 7.11. The summed E-state index contributed by atoms with van der Waals surface area (Å²) in [5, 5.41) is 0. The zero-order chi connectivity index (χ0) is 12.4. The number of benzene rings is 1. The van der Waals surface area contributed by atoms with Crippen molar-refractivity contribution in [2.24, 2.45) is 0 Å². The highest BCUT2D eigenvalue weighted by Gasteiger charge is 2.07. The Kier molecular flexibility index (Phi) is 2.82. The van der Waals surface area contributed by atoms with Crippen molar-refractivity contribution in [1.29, 1.82) is 0 Å². The molecule has 4 N–H and O–H groups in total. The maximum atomic E-state index is 11.6. The van der Waals surface area contributed by atoms with Crippen molar-refractivity contribution in [3.63, 3.8) is 0 Å². The van der Waals surface area contributed by atoms with E-state index in [0.717, 1.165) is 11.1 Å². The number of aromatic nitrogens is 2. The van der Waals surface area contributed by atoms with Crippen molar-refractivity contribution in [1.82, 2.24) is 9.97 Å². The molecule has 0 aliphatic carbocycles. The second-order valence-corrected chi connectivity index (χ2v) is 3.96. The van der Waals surface area contributed by atoms with Crippen LogP contribution in [0.3, 0.4) is 0 Å². The van der Waals surface area contributed by atoms with Crippen molar-refractivity contribution in [2.75, 3.05) is 5.73 Å². The first-order valence-corrected chi connectivity index (χ1v) is 5.23. The molecule has 5 nitrogen and oxygen atoms in total. The minimum atomic E-state index is -0.583. The number of nitrogen functional groups attached to an aromatic ring is 1. The largest absolute Gasteiger partial charge is 0.385 e. The Morgan fingerprint density at radius 2 is 1.76 bits per heavy atom. The number of hydrogen-bond donors (Lipinski definition) is 3. The molecule has 17 heavy (non-hydrogen) atoms. The van der Waals surface area contributed by atoms with Crippen LogP contribution in [0.4, 0.5) is 5.82 Å². The highest BCUT2D eigenvalue weighted by atomic mass is 16.2. The van der Waals surface area contributed by atoms with Crippen LogP contribution < -0.4 is 17.0 Å². The summed E-state index contributed by atoms with van der Waals surface area (Å²) in [6.07, 6.45) is 0.401. The molecule has 0 saturated carbocycles. The number of aryl methyl sites for hydroxylation is 1. The first-order valence-electron chi connectivity index (χ1n) is 5.23. The average Bonchev–Trinajstić information content (AvgIpc) is 2.26. The smallest absolute Gasteiger partial charge is 0.327 e. The van der Waals surface area contributed by atoms with E-state index in [2.05, 4.69) is 9.97 Å². The molecule has 1 aromatic heterocycles. The van der Waals surface area contributed by atoms with E-state index in [1.54, 1.807) is 0 Å². The van der Waals surface area contributed by atoms with E-state index in [4.69, 9.17) is 5.73 Å². The third-order valence-corrected chi connectivity index (χ3v) is 2.58. The maximum absolute atomic E-state index is 11.6. The maximum Gasteiger partial charge on any atom is 0.327 e. The third-order valence-electron chi connectivity index (χ3n) is 2.58. The highest BCUT2D eigenvalue weighted by Crippen LogP contribution is 2.10. The summed E-state index contributed by atoms with van der Waals surface area (Å²) in [7, 11) is 0. The van der Waals surface area contributed by atoms with Gasteiger partial charge in [-0.1, -0.05) is 29.8 Å². The minimum Gasteiger partial charge on any atom is -0.385 e. The van der Waals surface area contributed by atoms with Gasteiger partial charge in [0, 0.05) is 6.42 Å². The SMILES string of the molecule is Cc1ccc(Cc2c(N)[nH]c(=O)[nH]c2=O)cc1. The summed E-state index contributed by atoms with van der Waals surface area (Å²) in [6.45, 7) is 1.99. The third kappa shape index (κ3) is 2.44. The lowest BCUT2D eigenvalue weighted by atomic mass is 10.1. The number of hydrogen-bond acceptors (Lipinski definition) is 3. The summed E-state index contributed by atoms with van der Waals surface area (Å²) < 4.78 is 0. The van der Waals surface area contributed by atoms with Gasteiger partial charge in [0.15, 0.2) is 0 Å². The van der Waals surface area contributed by atoms with E-state index in [9.17, 15) is 9.59 Å². The lowest BCUT2D eigenvalue weighted by Crippen LogP contribution is -2.27. The summed E-state index contributed by atoms with van der Waals surface area (Å²) in [6, 6.07) is 7.79. The van der Waals surface area contributed by atoms with Gasteiger partial charge >= 0.3 is 5.69 Å². The van der Waals surface area contributed by atoms with E-state index >= 15 is 0 Å². The molecular formula is C12H13N3O2. The fraction of sp³-hybridized carbons (Fsp3) is 0.167. The number of nitrogens with one attached hydrogen (secondary N) is 2. The second-order valence-electron chi connectivity index (χ2n) is 3.96. The van der Waals surface area contributed by atoms with Crippen molar-refractivity contribution >= 4 is 5.82 Å². The van der Waals surface area contributed by atoms with E-state index < -0.39 is 11.2 Å². The van der Waals surface area contributed by atoms with Gasteiger partial charge in [0.25, 0.3) is 5.56 Å². The normalized spacial score (nSPS) is 10.4. The molecule has 0 radical (unpaired) electrons. The van der Waals surface area contributed by atoms with Crippen molar-refractivity contribution in [3.05, 3.63) is 61.8 Å². The van der Waals surface area contributed by atoms with Crippen LogP contribution in [0.2, 0.25) is 0 Å². The van der Waals surface area contributed by atoms with Gasteiger partial charge in [-0.3, -0.25) is 14.8 Å². The quantitative estimate of drug-likeness (QED) is 0.704. The predicted octanol–water partition coefficient (Wildman–Crippen LogP) is 0.545. The molecule has 1 aromatic carbocycles.